The Hall–Kier alpha value is -3.68. The third kappa shape index (κ3) is 5.44. The van der Waals surface area contributed by atoms with Crippen molar-refractivity contribution in [2.45, 2.75) is 19.9 Å². The maximum atomic E-state index is 13.5. The summed E-state index contributed by atoms with van der Waals surface area (Å²) in [6.45, 7) is 7.56. The van der Waals surface area contributed by atoms with Crippen LogP contribution in [0.5, 0.6) is 5.75 Å². The number of anilines is 2. The topological polar surface area (TPSA) is 44.8 Å². The molecule has 0 unspecified atom stereocenters. The number of ether oxygens (including phenoxy) is 1. The number of carbonyl (C=O) groups is 1. The van der Waals surface area contributed by atoms with Gasteiger partial charge in [-0.25, -0.2) is 4.39 Å². The minimum Gasteiger partial charge on any atom is -0.497 e. The molecule has 0 radical (unpaired) electrons. The SMILES string of the molecule is COc1ccc([C@H](c2c(NC(=O)c3ccccc3)sc(C)c2C)N2CCN(c3ccc(F)cc3)CC2)cc1. The zero-order valence-corrected chi connectivity index (χ0v) is 22.7. The number of methoxy groups -OCH3 is 1. The molecule has 1 aliphatic rings. The minimum atomic E-state index is -0.222. The van der Waals surface area contributed by atoms with E-state index in [-0.39, 0.29) is 17.8 Å². The molecule has 1 atom stereocenters. The second-order valence-electron chi connectivity index (χ2n) is 9.52. The van der Waals surface area contributed by atoms with Crippen molar-refractivity contribution in [3.63, 3.8) is 0 Å². The highest BCUT2D eigenvalue weighted by Gasteiger charge is 2.32. The number of amides is 1. The van der Waals surface area contributed by atoms with Gasteiger partial charge in [0.2, 0.25) is 0 Å². The molecule has 3 aromatic carbocycles. The average Bonchev–Trinajstić information content (AvgIpc) is 3.22. The first kappa shape index (κ1) is 25.9. The average molecular weight is 530 g/mol. The zero-order chi connectivity index (χ0) is 26.6. The van der Waals surface area contributed by atoms with Gasteiger partial charge in [0, 0.05) is 47.9 Å². The van der Waals surface area contributed by atoms with E-state index in [0.717, 1.165) is 53.7 Å². The smallest absolute Gasteiger partial charge is 0.256 e. The van der Waals surface area contributed by atoms with Gasteiger partial charge < -0.3 is 15.0 Å². The van der Waals surface area contributed by atoms with Crippen LogP contribution in [0.2, 0.25) is 0 Å². The number of benzene rings is 3. The number of carbonyl (C=O) groups excluding carboxylic acids is 1. The highest BCUT2D eigenvalue weighted by atomic mass is 32.1. The Morgan fingerprint density at radius 1 is 0.921 bits per heavy atom. The molecule has 196 valence electrons. The molecule has 5 rings (SSSR count). The summed E-state index contributed by atoms with van der Waals surface area (Å²) in [5, 5.41) is 4.11. The van der Waals surface area contributed by atoms with E-state index >= 15 is 0 Å². The van der Waals surface area contributed by atoms with E-state index in [1.54, 1.807) is 18.4 Å². The molecule has 1 aliphatic heterocycles. The van der Waals surface area contributed by atoms with E-state index in [1.165, 1.54) is 22.6 Å². The Morgan fingerprint density at radius 3 is 2.21 bits per heavy atom. The molecule has 38 heavy (non-hydrogen) atoms. The van der Waals surface area contributed by atoms with Gasteiger partial charge in [-0.2, -0.15) is 0 Å². The van der Waals surface area contributed by atoms with Gasteiger partial charge in [-0.15, -0.1) is 11.3 Å². The van der Waals surface area contributed by atoms with Gasteiger partial charge >= 0.3 is 0 Å². The van der Waals surface area contributed by atoms with Gasteiger partial charge in [0.05, 0.1) is 13.2 Å². The molecule has 0 bridgehead atoms. The summed E-state index contributed by atoms with van der Waals surface area (Å²) in [5.41, 5.74) is 5.15. The fourth-order valence-corrected chi connectivity index (χ4v) is 6.16. The third-order valence-corrected chi connectivity index (χ3v) is 8.41. The number of piperazine rings is 1. The molecule has 1 fully saturated rings. The Balaban J connectivity index is 1.48. The first-order valence-electron chi connectivity index (χ1n) is 12.8. The van der Waals surface area contributed by atoms with Crippen molar-refractivity contribution in [1.82, 2.24) is 4.90 Å². The van der Waals surface area contributed by atoms with E-state index in [4.69, 9.17) is 4.74 Å². The molecule has 1 N–H and O–H groups in total. The summed E-state index contributed by atoms with van der Waals surface area (Å²) in [6, 6.07) is 24.2. The molecule has 2 heterocycles. The van der Waals surface area contributed by atoms with Gasteiger partial charge in [0.15, 0.2) is 0 Å². The van der Waals surface area contributed by atoms with Crippen LogP contribution in [-0.4, -0.2) is 44.1 Å². The van der Waals surface area contributed by atoms with Gasteiger partial charge in [-0.05, 0) is 73.5 Å². The first-order valence-corrected chi connectivity index (χ1v) is 13.6. The summed E-state index contributed by atoms with van der Waals surface area (Å²) >= 11 is 1.63. The lowest BCUT2D eigenvalue weighted by Crippen LogP contribution is -2.48. The zero-order valence-electron chi connectivity index (χ0n) is 21.9. The maximum Gasteiger partial charge on any atom is 0.256 e. The minimum absolute atomic E-state index is 0.0349. The number of halogens is 1. The van der Waals surface area contributed by atoms with E-state index in [9.17, 15) is 9.18 Å². The Kier molecular flexibility index (Phi) is 7.77. The number of nitrogens with one attached hydrogen (secondary N) is 1. The third-order valence-electron chi connectivity index (χ3n) is 7.27. The summed E-state index contributed by atoms with van der Waals surface area (Å²) in [5.74, 6) is 0.479. The van der Waals surface area contributed by atoms with E-state index in [0.29, 0.717) is 5.56 Å². The maximum absolute atomic E-state index is 13.5. The highest BCUT2D eigenvalue weighted by molar-refractivity contribution is 7.16. The van der Waals surface area contributed by atoms with Crippen LogP contribution in [0.4, 0.5) is 15.1 Å². The summed E-state index contributed by atoms with van der Waals surface area (Å²) in [6.07, 6.45) is 0. The van der Waals surface area contributed by atoms with E-state index in [2.05, 4.69) is 41.1 Å². The number of rotatable bonds is 7. The summed E-state index contributed by atoms with van der Waals surface area (Å²) < 4.78 is 18.9. The van der Waals surface area contributed by atoms with Crippen LogP contribution in [-0.2, 0) is 0 Å². The predicted octanol–water partition coefficient (Wildman–Crippen LogP) is 6.68. The first-order chi connectivity index (χ1) is 18.4. The molecular formula is C31H32FN3O2S. The standard InChI is InChI=1S/C31H32FN3O2S/c1-21-22(2)38-31(33-30(36)24-7-5-4-6-8-24)28(21)29(23-9-15-27(37-3)16-10-23)35-19-17-34(18-20-35)26-13-11-25(32)12-14-26/h4-16,29H,17-20H2,1-3H3,(H,33,36)/t29-/m1/s1. The summed E-state index contributed by atoms with van der Waals surface area (Å²) in [7, 11) is 1.67. The molecule has 1 saturated heterocycles. The fourth-order valence-electron chi connectivity index (χ4n) is 5.07. The number of nitrogens with zero attached hydrogens (tertiary/aromatic N) is 2. The quantitative estimate of drug-likeness (QED) is 0.290. The number of hydrogen-bond donors (Lipinski definition) is 1. The lowest BCUT2D eigenvalue weighted by Gasteiger charge is -2.41. The molecular weight excluding hydrogens is 497 g/mol. The van der Waals surface area contributed by atoms with Crippen LogP contribution in [0.25, 0.3) is 0 Å². The largest absolute Gasteiger partial charge is 0.497 e. The van der Waals surface area contributed by atoms with Gasteiger partial charge in [0.25, 0.3) is 5.91 Å². The molecule has 5 nitrogen and oxygen atoms in total. The second kappa shape index (κ2) is 11.4. The Morgan fingerprint density at radius 2 is 1.58 bits per heavy atom. The van der Waals surface area contributed by atoms with Crippen molar-refractivity contribution in [1.29, 1.82) is 0 Å². The predicted molar refractivity (Wildman–Crippen MR) is 153 cm³/mol. The summed E-state index contributed by atoms with van der Waals surface area (Å²) in [4.78, 5) is 19.1. The lowest BCUT2D eigenvalue weighted by atomic mass is 9.94. The normalized spacial score (nSPS) is 14.8. The van der Waals surface area contributed by atoms with Gasteiger partial charge in [0.1, 0.15) is 16.6 Å². The Labute approximate surface area is 227 Å². The lowest BCUT2D eigenvalue weighted by molar-refractivity contribution is 0.102. The second-order valence-corrected chi connectivity index (χ2v) is 10.7. The monoisotopic (exact) mass is 529 g/mol. The molecule has 1 amide bonds. The molecule has 7 heteroatoms. The van der Waals surface area contributed by atoms with Crippen molar-refractivity contribution in [3.8, 4) is 5.75 Å². The van der Waals surface area contributed by atoms with Crippen LogP contribution in [0, 0.1) is 19.7 Å². The van der Waals surface area contributed by atoms with Crippen molar-refractivity contribution in [3.05, 3.63) is 112 Å². The van der Waals surface area contributed by atoms with Crippen molar-refractivity contribution >= 4 is 27.9 Å². The van der Waals surface area contributed by atoms with Crippen molar-refractivity contribution in [2.75, 3.05) is 43.5 Å². The van der Waals surface area contributed by atoms with Crippen LogP contribution < -0.4 is 15.0 Å². The van der Waals surface area contributed by atoms with Crippen molar-refractivity contribution in [2.24, 2.45) is 0 Å². The molecule has 0 spiro atoms. The van der Waals surface area contributed by atoms with Crippen LogP contribution in [0.1, 0.15) is 38.0 Å². The molecule has 0 saturated carbocycles. The van der Waals surface area contributed by atoms with Gasteiger partial charge in [-0.1, -0.05) is 30.3 Å². The number of thiophene rings is 1. The number of hydrogen-bond acceptors (Lipinski definition) is 5. The van der Waals surface area contributed by atoms with Crippen LogP contribution in [0.15, 0.2) is 78.9 Å². The molecule has 1 aromatic heterocycles. The van der Waals surface area contributed by atoms with Gasteiger partial charge in [-0.3, -0.25) is 9.69 Å². The Bertz CT molecular complexity index is 1380. The molecule has 0 aliphatic carbocycles. The fraction of sp³-hybridized carbons (Fsp3) is 0.258. The number of aryl methyl sites for hydroxylation is 1. The van der Waals surface area contributed by atoms with Crippen LogP contribution >= 0.6 is 11.3 Å². The molecule has 4 aromatic rings. The highest BCUT2D eigenvalue weighted by Crippen LogP contribution is 2.43. The van der Waals surface area contributed by atoms with E-state index < -0.39 is 0 Å². The van der Waals surface area contributed by atoms with Crippen molar-refractivity contribution < 1.29 is 13.9 Å². The van der Waals surface area contributed by atoms with E-state index in [1.807, 2.05) is 54.6 Å². The van der Waals surface area contributed by atoms with Crippen LogP contribution in [0.3, 0.4) is 0 Å².